The summed E-state index contributed by atoms with van der Waals surface area (Å²) in [7, 11) is 0. The van der Waals surface area contributed by atoms with Crippen LogP contribution in [0.2, 0.25) is 0 Å². The number of benzene rings is 3. The fourth-order valence-electron chi connectivity index (χ4n) is 3.06. The first kappa shape index (κ1) is 18.3. The predicted molar refractivity (Wildman–Crippen MR) is 110 cm³/mol. The van der Waals surface area contributed by atoms with Gasteiger partial charge in [0.05, 0.1) is 12.0 Å². The van der Waals surface area contributed by atoms with Crippen LogP contribution in [0.3, 0.4) is 0 Å². The Balaban J connectivity index is 1.83. The highest BCUT2D eigenvalue weighted by molar-refractivity contribution is 7.98. The summed E-state index contributed by atoms with van der Waals surface area (Å²) in [4.78, 5) is 14.4. The highest BCUT2D eigenvalue weighted by Crippen LogP contribution is 2.26. The van der Waals surface area contributed by atoms with Gasteiger partial charge in [0.1, 0.15) is 0 Å². The molecule has 132 valence electrons. The van der Waals surface area contributed by atoms with E-state index in [4.69, 9.17) is 0 Å². The summed E-state index contributed by atoms with van der Waals surface area (Å²) < 4.78 is 0. The van der Waals surface area contributed by atoms with E-state index in [2.05, 4.69) is 35.8 Å². The third-order valence-corrected chi connectivity index (χ3v) is 5.25. The summed E-state index contributed by atoms with van der Waals surface area (Å²) in [6.07, 6.45) is 2.06. The van der Waals surface area contributed by atoms with Gasteiger partial charge in [-0.25, -0.2) is 0 Å². The summed E-state index contributed by atoms with van der Waals surface area (Å²) in [6, 6.07) is 28.2. The summed E-state index contributed by atoms with van der Waals surface area (Å²) in [5.74, 6) is -0.297. The van der Waals surface area contributed by atoms with Gasteiger partial charge in [0.15, 0.2) is 0 Å². The van der Waals surface area contributed by atoms with E-state index in [0.29, 0.717) is 0 Å². The first-order chi connectivity index (χ1) is 12.7. The molecule has 1 N–H and O–H groups in total. The van der Waals surface area contributed by atoms with Gasteiger partial charge in [-0.05, 0) is 42.0 Å². The largest absolute Gasteiger partial charge is 0.349 e. The molecule has 0 aromatic heterocycles. The number of amides is 1. The molecule has 3 heteroatoms. The Morgan fingerprint density at radius 2 is 1.27 bits per heavy atom. The molecule has 0 spiro atoms. The molecular weight excluding hydrogens is 338 g/mol. The molecule has 0 bridgehead atoms. The number of thioether (sulfide) groups is 1. The van der Waals surface area contributed by atoms with Crippen molar-refractivity contribution in [3.63, 3.8) is 0 Å². The zero-order valence-corrected chi connectivity index (χ0v) is 15.9. The van der Waals surface area contributed by atoms with Crippen LogP contribution in [0.25, 0.3) is 0 Å². The van der Waals surface area contributed by atoms with E-state index in [1.165, 1.54) is 4.90 Å². The molecule has 3 aromatic carbocycles. The molecule has 3 rings (SSSR count). The lowest BCUT2D eigenvalue weighted by Gasteiger charge is -2.21. The molecule has 0 unspecified atom stereocenters. The van der Waals surface area contributed by atoms with Crippen molar-refractivity contribution in [3.8, 4) is 0 Å². The van der Waals surface area contributed by atoms with Crippen LogP contribution in [0.4, 0.5) is 0 Å². The first-order valence-electron chi connectivity index (χ1n) is 8.73. The summed E-state index contributed by atoms with van der Waals surface area (Å²) >= 11 is 1.72. The molecule has 0 fully saturated rings. The molecule has 0 heterocycles. The molecule has 0 saturated carbocycles. The normalized spacial score (nSPS) is 12.0. The molecule has 3 aromatic rings. The fraction of sp³-hybridized carbons (Fsp3) is 0.174. The van der Waals surface area contributed by atoms with Crippen molar-refractivity contribution in [1.29, 1.82) is 0 Å². The zero-order valence-electron chi connectivity index (χ0n) is 15.1. The number of rotatable bonds is 6. The predicted octanol–water partition coefficient (Wildman–Crippen LogP) is 5.42. The lowest BCUT2D eigenvalue weighted by Crippen LogP contribution is -2.32. The third-order valence-electron chi connectivity index (χ3n) is 4.50. The molecule has 0 saturated heterocycles. The maximum absolute atomic E-state index is 13.1. The lowest BCUT2D eigenvalue weighted by molar-refractivity contribution is -0.122. The van der Waals surface area contributed by atoms with E-state index >= 15 is 0 Å². The monoisotopic (exact) mass is 361 g/mol. The third kappa shape index (κ3) is 4.36. The van der Waals surface area contributed by atoms with Crippen molar-refractivity contribution in [3.05, 3.63) is 102 Å². The zero-order chi connectivity index (χ0) is 18.4. The van der Waals surface area contributed by atoms with Gasteiger partial charge in [0, 0.05) is 4.90 Å². The maximum atomic E-state index is 13.1. The molecule has 2 nitrogen and oxygen atoms in total. The SMILES string of the molecule is CSc1ccc([C@H](C)NC(=O)C(c2ccccc2)c2ccccc2)cc1. The smallest absolute Gasteiger partial charge is 0.232 e. The van der Waals surface area contributed by atoms with E-state index in [-0.39, 0.29) is 17.9 Å². The summed E-state index contributed by atoms with van der Waals surface area (Å²) in [5, 5.41) is 3.18. The molecule has 0 radical (unpaired) electrons. The van der Waals surface area contributed by atoms with Crippen molar-refractivity contribution in [2.45, 2.75) is 23.8 Å². The number of nitrogens with one attached hydrogen (secondary N) is 1. The van der Waals surface area contributed by atoms with Crippen LogP contribution in [0.1, 0.15) is 35.6 Å². The van der Waals surface area contributed by atoms with E-state index in [0.717, 1.165) is 16.7 Å². The van der Waals surface area contributed by atoms with Gasteiger partial charge in [-0.2, -0.15) is 0 Å². The molecular formula is C23H23NOS. The van der Waals surface area contributed by atoms with E-state index < -0.39 is 0 Å². The average molecular weight is 362 g/mol. The van der Waals surface area contributed by atoms with Gasteiger partial charge in [-0.3, -0.25) is 4.79 Å². The minimum absolute atomic E-state index is 0.0174. The van der Waals surface area contributed by atoms with E-state index in [9.17, 15) is 4.79 Å². The van der Waals surface area contributed by atoms with Gasteiger partial charge in [0.25, 0.3) is 0 Å². The molecule has 0 aliphatic carbocycles. The molecule has 26 heavy (non-hydrogen) atoms. The Morgan fingerprint density at radius 1 is 0.769 bits per heavy atom. The van der Waals surface area contributed by atoms with Crippen LogP contribution in [-0.4, -0.2) is 12.2 Å². The Morgan fingerprint density at radius 3 is 1.73 bits per heavy atom. The van der Waals surface area contributed by atoms with Crippen LogP contribution in [-0.2, 0) is 4.79 Å². The van der Waals surface area contributed by atoms with Crippen LogP contribution in [0.5, 0.6) is 0 Å². The number of hydrogen-bond donors (Lipinski definition) is 1. The van der Waals surface area contributed by atoms with Crippen molar-refractivity contribution in [2.75, 3.05) is 6.26 Å². The van der Waals surface area contributed by atoms with Crippen LogP contribution in [0, 0.1) is 0 Å². The van der Waals surface area contributed by atoms with Crippen LogP contribution < -0.4 is 5.32 Å². The Bertz CT molecular complexity index is 792. The molecule has 0 aliphatic rings. The highest BCUT2D eigenvalue weighted by atomic mass is 32.2. The Hall–Kier alpha value is -2.52. The lowest BCUT2D eigenvalue weighted by atomic mass is 9.90. The average Bonchev–Trinajstić information content (AvgIpc) is 2.70. The van der Waals surface area contributed by atoms with E-state index in [1.54, 1.807) is 11.8 Å². The number of carbonyl (C=O) groups is 1. The second kappa shape index (κ2) is 8.72. The maximum Gasteiger partial charge on any atom is 0.232 e. The molecule has 0 aliphatic heterocycles. The molecule has 1 amide bonds. The Kier molecular flexibility index (Phi) is 6.13. The van der Waals surface area contributed by atoms with Gasteiger partial charge >= 0.3 is 0 Å². The minimum atomic E-state index is -0.315. The van der Waals surface area contributed by atoms with Crippen molar-refractivity contribution in [2.24, 2.45) is 0 Å². The van der Waals surface area contributed by atoms with Gasteiger partial charge in [-0.15, -0.1) is 11.8 Å². The van der Waals surface area contributed by atoms with Crippen LogP contribution in [0.15, 0.2) is 89.8 Å². The topological polar surface area (TPSA) is 29.1 Å². The second-order valence-corrected chi connectivity index (χ2v) is 7.14. The standard InChI is InChI=1S/C23H23NOS/c1-17(18-13-15-21(26-2)16-14-18)24-23(25)22(19-9-5-3-6-10-19)20-11-7-4-8-12-20/h3-17,22H,1-2H3,(H,24,25)/t17-/m0/s1. The van der Waals surface area contributed by atoms with Gasteiger partial charge in [0.2, 0.25) is 5.91 Å². The van der Waals surface area contributed by atoms with Crippen LogP contribution >= 0.6 is 11.8 Å². The van der Waals surface area contributed by atoms with Gasteiger partial charge < -0.3 is 5.32 Å². The fourth-order valence-corrected chi connectivity index (χ4v) is 3.47. The quantitative estimate of drug-likeness (QED) is 0.594. The first-order valence-corrected chi connectivity index (χ1v) is 9.95. The van der Waals surface area contributed by atoms with Crippen molar-refractivity contribution >= 4 is 17.7 Å². The molecule has 1 atom stereocenters. The highest BCUT2D eigenvalue weighted by Gasteiger charge is 2.24. The number of hydrogen-bond acceptors (Lipinski definition) is 2. The van der Waals surface area contributed by atoms with Crippen molar-refractivity contribution < 1.29 is 4.79 Å². The Labute approximate surface area is 159 Å². The van der Waals surface area contributed by atoms with Crippen molar-refractivity contribution in [1.82, 2.24) is 5.32 Å². The van der Waals surface area contributed by atoms with E-state index in [1.807, 2.05) is 67.6 Å². The van der Waals surface area contributed by atoms with Gasteiger partial charge in [-0.1, -0.05) is 72.8 Å². The number of carbonyl (C=O) groups excluding carboxylic acids is 1. The summed E-state index contributed by atoms with van der Waals surface area (Å²) in [5.41, 5.74) is 3.11. The second-order valence-electron chi connectivity index (χ2n) is 6.26. The summed E-state index contributed by atoms with van der Waals surface area (Å²) in [6.45, 7) is 2.03. The minimum Gasteiger partial charge on any atom is -0.349 e.